The summed E-state index contributed by atoms with van der Waals surface area (Å²) in [7, 11) is 1.56. The second-order valence-corrected chi connectivity index (χ2v) is 48.5. The van der Waals surface area contributed by atoms with E-state index in [9.17, 15) is 15.3 Å². The van der Waals surface area contributed by atoms with Crippen LogP contribution in [-0.4, -0.2) is 35.8 Å². The number of esters is 1. The van der Waals surface area contributed by atoms with Crippen LogP contribution in [0.3, 0.4) is 0 Å². The minimum Gasteiger partial charge on any atom is -0.469 e. The fourth-order valence-corrected chi connectivity index (χ4v) is 34.2. The van der Waals surface area contributed by atoms with Crippen molar-refractivity contribution in [3.8, 4) is 0 Å². The molecule has 0 aromatic heterocycles. The Bertz CT molecular complexity index is 3190. The number of rotatable bonds is 26. The molecule has 670 valence electrons. The number of ether oxygens (including phenoxy) is 1. The van der Waals surface area contributed by atoms with E-state index in [1.165, 1.54) is 288 Å². The minimum atomic E-state index is -0.0365. The smallest absolute Gasteiger partial charge is 0.308 e. The van der Waals surface area contributed by atoms with Crippen LogP contribution in [0.1, 0.15) is 444 Å². The van der Waals surface area contributed by atoms with E-state index in [0.717, 1.165) is 161 Å². The number of benzene rings is 1. The molecule has 0 saturated heterocycles. The quantitative estimate of drug-likeness (QED) is 0.0416. The lowest BCUT2D eigenvalue weighted by Gasteiger charge is -2.61. The van der Waals surface area contributed by atoms with Gasteiger partial charge in [-0.2, -0.15) is 0 Å². The van der Waals surface area contributed by atoms with E-state index in [1.54, 1.807) is 18.2 Å². The van der Waals surface area contributed by atoms with Crippen LogP contribution in [0.5, 0.6) is 0 Å². The highest BCUT2D eigenvalue weighted by atomic mass is 17.1. The van der Waals surface area contributed by atoms with Crippen molar-refractivity contribution in [2.75, 3.05) is 7.11 Å². The molecule has 6 nitrogen and oxygen atoms in total. The lowest BCUT2D eigenvalue weighted by atomic mass is 9.44. The van der Waals surface area contributed by atoms with Gasteiger partial charge in [-0.3, -0.25) is 15.3 Å². The number of carbonyl (C=O) groups is 1. The second-order valence-electron chi connectivity index (χ2n) is 48.5. The maximum atomic E-state index is 12.2. The molecule has 14 aliphatic rings. The van der Waals surface area contributed by atoms with Crippen molar-refractivity contribution in [3.05, 3.63) is 47.0 Å². The molecule has 0 aliphatic heterocycles. The van der Waals surface area contributed by atoms with Gasteiger partial charge in [0.05, 0.1) is 25.2 Å². The zero-order valence-corrected chi connectivity index (χ0v) is 80.4. The topological polar surface area (TPSA) is 85.2 Å². The van der Waals surface area contributed by atoms with Crippen molar-refractivity contribution in [2.45, 2.75) is 451 Å². The van der Waals surface area contributed by atoms with Crippen LogP contribution in [0.2, 0.25) is 0 Å². The van der Waals surface area contributed by atoms with Crippen molar-refractivity contribution in [1.29, 1.82) is 0 Å². The first-order valence-corrected chi connectivity index (χ1v) is 52.4. The van der Waals surface area contributed by atoms with Gasteiger partial charge in [0.2, 0.25) is 0 Å². The molecule has 2 N–H and O–H groups in total. The van der Waals surface area contributed by atoms with E-state index in [1.807, 2.05) is 6.92 Å². The number of hydrogen-bond acceptors (Lipinski definition) is 6. The molecule has 28 unspecified atom stereocenters. The average Bonchev–Trinajstić information content (AvgIpc) is 1.67. The fraction of sp³-hybridized carbons (Fsp3) is 0.919. The molecule has 13 fully saturated rings. The first kappa shape index (κ1) is 94.4. The van der Waals surface area contributed by atoms with Crippen LogP contribution in [-0.2, 0) is 25.7 Å². The highest BCUT2D eigenvalue weighted by molar-refractivity contribution is 5.72. The van der Waals surface area contributed by atoms with Gasteiger partial charge < -0.3 is 4.74 Å². The van der Waals surface area contributed by atoms with E-state index >= 15 is 0 Å². The van der Waals surface area contributed by atoms with Gasteiger partial charge in [-0.05, 0) is 423 Å². The molecule has 0 bridgehead atoms. The molecule has 1 aromatic carbocycles. The Morgan fingerprint density at radius 2 is 0.855 bits per heavy atom. The lowest BCUT2D eigenvalue weighted by molar-refractivity contribution is -0.290. The molecule has 0 heterocycles. The third-order valence-corrected chi connectivity index (χ3v) is 41.3. The summed E-state index contributed by atoms with van der Waals surface area (Å²) in [6, 6.07) is 9.59. The number of hydrogen-bond donors (Lipinski definition) is 2. The van der Waals surface area contributed by atoms with Crippen molar-refractivity contribution < 1.29 is 29.8 Å². The summed E-state index contributed by atoms with van der Waals surface area (Å²) in [5, 5.41) is 18.4. The molecule has 6 heteroatoms. The SMILES string of the molecule is CC(C)CCCC(C)C1CCC2C3CC=C4CC(C(C)OO)CCC4(C)C3CCC12C.CC(C)CCCC(C)C1CCC2C3CCC4CC(C(C)OO)CCC4(C)C3CCC12C.CCCc1ccc(C2CCC(C3CCC(CCC)CC3)CC2)cc1.COC(=O)C1CCC2(C)C(CCC3C2CCC2(C)C(C(C)CCCC(C)C)CCC32)C1. The molecule has 13 saturated carbocycles. The maximum Gasteiger partial charge on any atom is 0.308 e. The van der Waals surface area contributed by atoms with Gasteiger partial charge in [-0.15, -0.1) is 0 Å². The van der Waals surface area contributed by atoms with Crippen molar-refractivity contribution >= 4 is 5.97 Å². The van der Waals surface area contributed by atoms with E-state index in [2.05, 4.69) is 155 Å². The zero-order chi connectivity index (χ0) is 83.9. The summed E-state index contributed by atoms with van der Waals surface area (Å²) in [6.45, 7) is 46.7. The van der Waals surface area contributed by atoms with Gasteiger partial charge in [0, 0.05) is 0 Å². The van der Waals surface area contributed by atoms with Crippen LogP contribution in [0, 0.1) is 186 Å². The predicted molar refractivity (Wildman–Crippen MR) is 494 cm³/mol. The predicted octanol–water partition coefficient (Wildman–Crippen LogP) is 32.5. The Balaban J connectivity index is 0.000000144. The van der Waals surface area contributed by atoms with Crippen LogP contribution in [0.15, 0.2) is 35.9 Å². The molecule has 0 spiro atoms. The molecular weight excluding hydrogens is 1430 g/mol. The third-order valence-electron chi connectivity index (χ3n) is 41.3. The van der Waals surface area contributed by atoms with Gasteiger partial charge in [0.25, 0.3) is 0 Å². The highest BCUT2D eigenvalue weighted by Crippen LogP contribution is 2.73. The standard InChI is InChI=1S/C29H50O2.C29H52O2.C29H50O2.C24H38/c1-19(2)8-7-9-20(3)24-12-13-25-23-11-10-22-18-21(27(30)31-6)14-16-28(22,4)26(23)15-17-29(24,25)5;2*1-19(2)8-7-9-20(3)25-12-13-26-24-11-10-23-18-22(21(4)31-30)14-16-28(23,5)27(24)15-17-29(25,26)6;1-3-5-19-7-11-21(12-8-19)23-15-17-24(18-16-23)22-13-9-20(6-4-2)10-14-22/h19-26H,7-18H2,1-6H3;19-27,30H,7-18H2,1-6H3;10,19-22,24-27,30H,7-9,11-18H2,1-6H3;7-8,11-12,20,22-24H,3-6,9-10,13-18H2,1-2H3. The van der Waals surface area contributed by atoms with E-state index < -0.39 is 0 Å². The lowest BCUT2D eigenvalue weighted by Crippen LogP contribution is -2.54. The molecule has 0 amide bonds. The Morgan fingerprint density at radius 3 is 1.32 bits per heavy atom. The fourth-order valence-electron chi connectivity index (χ4n) is 34.2. The van der Waals surface area contributed by atoms with Gasteiger partial charge in [-0.1, -0.05) is 244 Å². The molecule has 14 aliphatic carbocycles. The summed E-state index contributed by atoms with van der Waals surface area (Å²) >= 11 is 0. The Morgan fingerprint density at radius 1 is 0.427 bits per heavy atom. The molecular formula is C111H190O6. The third kappa shape index (κ3) is 20.6. The van der Waals surface area contributed by atoms with Crippen LogP contribution in [0.25, 0.3) is 0 Å². The highest BCUT2D eigenvalue weighted by Gasteiger charge is 2.64. The van der Waals surface area contributed by atoms with Crippen LogP contribution >= 0.6 is 0 Å². The average molecular weight is 1620 g/mol. The van der Waals surface area contributed by atoms with Crippen molar-refractivity contribution in [3.63, 3.8) is 0 Å². The van der Waals surface area contributed by atoms with Crippen LogP contribution in [0.4, 0.5) is 0 Å². The number of aryl methyl sites for hydroxylation is 1. The second kappa shape index (κ2) is 41.4. The van der Waals surface area contributed by atoms with Gasteiger partial charge >= 0.3 is 5.97 Å². The monoisotopic (exact) mass is 1620 g/mol. The van der Waals surface area contributed by atoms with Gasteiger partial charge in [-0.25, -0.2) is 9.78 Å². The molecule has 0 radical (unpaired) electrons. The summed E-state index contributed by atoms with van der Waals surface area (Å²) < 4.78 is 5.12. The Labute approximate surface area is 723 Å². The number of fused-ring (bicyclic) bond motifs is 15. The summed E-state index contributed by atoms with van der Waals surface area (Å²) in [5.41, 5.74) is 8.01. The summed E-state index contributed by atoms with van der Waals surface area (Å²) in [6.07, 6.45) is 68.3. The largest absolute Gasteiger partial charge is 0.469 e. The molecule has 28 atom stereocenters. The van der Waals surface area contributed by atoms with Crippen molar-refractivity contribution in [2.24, 2.45) is 186 Å². The van der Waals surface area contributed by atoms with E-state index in [-0.39, 0.29) is 24.1 Å². The maximum absolute atomic E-state index is 12.2. The Kier molecular flexibility index (Phi) is 33.4. The van der Waals surface area contributed by atoms with Crippen molar-refractivity contribution in [1.82, 2.24) is 0 Å². The molecule has 117 heavy (non-hydrogen) atoms. The molecule has 15 rings (SSSR count). The number of carbonyl (C=O) groups excluding carboxylic acids is 1. The first-order valence-electron chi connectivity index (χ1n) is 52.4. The van der Waals surface area contributed by atoms with E-state index in [0.29, 0.717) is 44.3 Å². The first-order chi connectivity index (χ1) is 55.9. The van der Waals surface area contributed by atoms with Crippen LogP contribution < -0.4 is 0 Å². The molecule has 1 aromatic rings. The zero-order valence-electron chi connectivity index (χ0n) is 80.4. The summed E-state index contributed by atoms with van der Waals surface area (Å²) in [4.78, 5) is 21.7. The van der Waals surface area contributed by atoms with Gasteiger partial charge in [0.15, 0.2) is 0 Å². The normalized spacial score (nSPS) is 42.6. The minimum absolute atomic E-state index is 0.00435. The van der Waals surface area contributed by atoms with Gasteiger partial charge in [0.1, 0.15) is 0 Å². The summed E-state index contributed by atoms with van der Waals surface area (Å²) in [5.74, 6) is 23.4. The van der Waals surface area contributed by atoms with E-state index in [4.69, 9.17) is 14.5 Å². The number of methoxy groups -OCH3 is 1. The number of allylic oxidation sites excluding steroid dienone is 2. The Hall–Kier alpha value is -1.73.